The van der Waals surface area contributed by atoms with Crippen LogP contribution in [0.1, 0.15) is 38.7 Å². The average molecular weight is 562 g/mol. The number of nitrogens with two attached hydrogens (primary N) is 1. The molecule has 2 bridgehead atoms. The van der Waals surface area contributed by atoms with Gasteiger partial charge in [-0.05, 0) is 55.6 Å². The van der Waals surface area contributed by atoms with Gasteiger partial charge in [0.1, 0.15) is 12.3 Å². The van der Waals surface area contributed by atoms with E-state index in [1.165, 1.54) is 24.3 Å². The van der Waals surface area contributed by atoms with Crippen molar-refractivity contribution in [1.82, 2.24) is 9.80 Å². The monoisotopic (exact) mass is 561 g/mol. The second-order valence-electron chi connectivity index (χ2n) is 11.0. The molecular formula is C31H40N5O3P. The zero-order chi connectivity index (χ0) is 29.3. The second-order valence-corrected chi connectivity index (χ2v) is 11.9. The van der Waals surface area contributed by atoms with E-state index < -0.39 is 17.5 Å². The third kappa shape index (κ3) is 9.54. The average Bonchev–Trinajstić information content (AvgIpc) is 3.08. The van der Waals surface area contributed by atoms with Gasteiger partial charge in [-0.1, -0.05) is 79.4 Å². The number of oxime groups is 1. The molecule has 2 amide bonds. The summed E-state index contributed by atoms with van der Waals surface area (Å²) in [4.78, 5) is 34.2. The van der Waals surface area contributed by atoms with E-state index in [1.807, 2.05) is 56.3 Å². The fourth-order valence-electron chi connectivity index (χ4n) is 4.37. The maximum atomic E-state index is 14.1. The van der Waals surface area contributed by atoms with Crippen LogP contribution >= 0.6 is 8.20 Å². The molecule has 212 valence electrons. The molecule has 1 aliphatic carbocycles. The van der Waals surface area contributed by atoms with Crippen LogP contribution in [0.5, 0.6) is 0 Å². The van der Waals surface area contributed by atoms with E-state index in [1.54, 1.807) is 26.0 Å². The minimum atomic E-state index is -0.735. The molecule has 1 unspecified atom stereocenters. The molecular weight excluding hydrogens is 521 g/mol. The Morgan fingerprint density at radius 3 is 2.58 bits per heavy atom. The lowest BCUT2D eigenvalue weighted by atomic mass is 9.87. The van der Waals surface area contributed by atoms with Gasteiger partial charge in [0.25, 0.3) is 5.91 Å². The first kappa shape index (κ1) is 30.9. The molecule has 0 aromatic heterocycles. The molecule has 0 fully saturated rings. The van der Waals surface area contributed by atoms with Crippen molar-refractivity contribution in [1.29, 1.82) is 5.41 Å². The molecule has 2 atom stereocenters. The summed E-state index contributed by atoms with van der Waals surface area (Å²) in [6, 6.07) is 8.89. The van der Waals surface area contributed by atoms with E-state index in [9.17, 15) is 9.59 Å². The van der Waals surface area contributed by atoms with Crippen LogP contribution in [0, 0.1) is 11.3 Å². The molecule has 1 aromatic rings. The van der Waals surface area contributed by atoms with Gasteiger partial charge in [-0.15, -0.1) is 0 Å². The largest absolute Gasteiger partial charge is 0.344 e. The quantitative estimate of drug-likeness (QED) is 0.134. The van der Waals surface area contributed by atoms with Crippen molar-refractivity contribution in [3.63, 3.8) is 0 Å². The van der Waals surface area contributed by atoms with Crippen LogP contribution in [-0.4, -0.2) is 72.2 Å². The van der Waals surface area contributed by atoms with Crippen LogP contribution in [-0.2, 0) is 20.8 Å². The molecule has 9 heteroatoms. The molecule has 1 aliphatic heterocycles. The van der Waals surface area contributed by atoms with Gasteiger partial charge in [-0.3, -0.25) is 15.0 Å². The third-order valence-electron chi connectivity index (χ3n) is 6.57. The number of hydrogen-bond acceptors (Lipinski definition) is 6. The second kappa shape index (κ2) is 14.1. The van der Waals surface area contributed by atoms with Crippen molar-refractivity contribution in [2.75, 3.05) is 21.1 Å². The topological polar surface area (TPSA) is 112 Å². The minimum Gasteiger partial charge on any atom is -0.344 e. The van der Waals surface area contributed by atoms with Crippen LogP contribution in [0.3, 0.4) is 0 Å². The Balaban J connectivity index is 1.88. The van der Waals surface area contributed by atoms with Crippen molar-refractivity contribution in [3.05, 3.63) is 82.7 Å². The summed E-state index contributed by atoms with van der Waals surface area (Å²) < 4.78 is 0. The van der Waals surface area contributed by atoms with Crippen LogP contribution in [0.2, 0.25) is 0 Å². The summed E-state index contributed by atoms with van der Waals surface area (Å²) in [5.41, 5.74) is 10.3. The first-order valence-corrected chi connectivity index (χ1v) is 14.4. The Hall–Kier alpha value is -3.61. The van der Waals surface area contributed by atoms with Crippen LogP contribution in [0.15, 0.2) is 82.3 Å². The van der Waals surface area contributed by atoms with Crippen LogP contribution in [0.4, 0.5) is 0 Å². The van der Waals surface area contributed by atoms with E-state index in [4.69, 9.17) is 16.0 Å². The number of benzene rings is 1. The molecule has 0 radical (unpaired) electrons. The maximum Gasteiger partial charge on any atom is 0.267 e. The van der Waals surface area contributed by atoms with E-state index in [0.717, 1.165) is 30.2 Å². The number of rotatable bonds is 11. The fraction of sp³-hybridized carbons (Fsp3) is 0.387. The van der Waals surface area contributed by atoms with Crippen molar-refractivity contribution >= 4 is 37.9 Å². The highest BCUT2D eigenvalue weighted by Crippen LogP contribution is 2.32. The smallest absolute Gasteiger partial charge is 0.267 e. The molecule has 40 heavy (non-hydrogen) atoms. The van der Waals surface area contributed by atoms with Gasteiger partial charge in [-0.2, -0.15) is 0 Å². The molecule has 0 saturated heterocycles. The van der Waals surface area contributed by atoms with Crippen molar-refractivity contribution < 1.29 is 14.4 Å². The summed E-state index contributed by atoms with van der Waals surface area (Å²) in [6.45, 7) is 3.78. The van der Waals surface area contributed by atoms with E-state index in [0.29, 0.717) is 12.8 Å². The Bertz CT molecular complexity index is 1270. The van der Waals surface area contributed by atoms with E-state index in [-0.39, 0.29) is 17.7 Å². The Morgan fingerprint density at radius 2 is 1.90 bits per heavy atom. The van der Waals surface area contributed by atoms with Gasteiger partial charge < -0.3 is 20.4 Å². The maximum absolute atomic E-state index is 14.1. The van der Waals surface area contributed by atoms with E-state index in [2.05, 4.69) is 28.9 Å². The molecule has 2 aliphatic rings. The van der Waals surface area contributed by atoms with Crippen LogP contribution < -0.4 is 5.73 Å². The molecule has 0 saturated carbocycles. The van der Waals surface area contributed by atoms with Crippen molar-refractivity contribution in [2.24, 2.45) is 16.8 Å². The van der Waals surface area contributed by atoms with E-state index >= 15 is 0 Å². The molecule has 8 nitrogen and oxygen atoms in total. The SMILES string of the molecule is CN(C)C(=O)/C=N/OC(=N)C(Cc1ccccc1)N(C)C(=O)[C@@H](/C=C/C(C)(C)N)CC1=CC2=CP=CCC(=C1)C2. The molecule has 0 spiro atoms. The summed E-state index contributed by atoms with van der Waals surface area (Å²) in [5, 5.41) is 12.4. The Labute approximate surface area is 239 Å². The van der Waals surface area contributed by atoms with Gasteiger partial charge in [-0.25, -0.2) is 0 Å². The predicted octanol–water partition coefficient (Wildman–Crippen LogP) is 4.72. The lowest BCUT2D eigenvalue weighted by Gasteiger charge is -2.30. The standard InChI is InChI=1S/C31H40N5O3P/c1-31(2,33)13-11-26(18-24-15-23-12-14-40-21-25(16-23)17-24)30(38)36(5)27(19-22-9-7-6-8-10-22)29(32)39-34-20-28(37)35(3)4/h6-11,13-15,17,20-21,26-27,32H,12,16,18-19,33H2,1-5H3/b13-11+,32-29?,34-20+/t26-,27?/m0/s1. The number of carbonyl (C=O) groups is 2. The molecule has 1 aromatic carbocycles. The van der Waals surface area contributed by atoms with Gasteiger partial charge >= 0.3 is 0 Å². The minimum absolute atomic E-state index is 0.158. The zero-order valence-corrected chi connectivity index (χ0v) is 24.9. The van der Waals surface area contributed by atoms with Gasteiger partial charge in [0.15, 0.2) is 0 Å². The van der Waals surface area contributed by atoms with Crippen molar-refractivity contribution in [3.8, 4) is 0 Å². The first-order valence-electron chi connectivity index (χ1n) is 13.3. The van der Waals surface area contributed by atoms with Gasteiger partial charge in [0, 0.05) is 33.1 Å². The highest BCUT2D eigenvalue weighted by atomic mass is 31.1. The van der Waals surface area contributed by atoms with Gasteiger partial charge in [0.2, 0.25) is 11.8 Å². The zero-order valence-electron chi connectivity index (χ0n) is 24.0. The lowest BCUT2D eigenvalue weighted by molar-refractivity contribution is -0.134. The normalized spacial score (nSPS) is 16.9. The molecule has 1 heterocycles. The summed E-state index contributed by atoms with van der Waals surface area (Å²) in [7, 11) is 6.08. The number of allylic oxidation sites excluding steroid dienone is 5. The predicted molar refractivity (Wildman–Crippen MR) is 165 cm³/mol. The third-order valence-corrected chi connectivity index (χ3v) is 7.44. The van der Waals surface area contributed by atoms with Crippen molar-refractivity contribution in [2.45, 2.75) is 51.1 Å². The number of fused-ring (bicyclic) bond motifs is 2. The first-order chi connectivity index (χ1) is 18.9. The number of nitrogens with one attached hydrogen (secondary N) is 1. The van der Waals surface area contributed by atoms with Crippen LogP contribution in [0.25, 0.3) is 0 Å². The summed E-state index contributed by atoms with van der Waals surface area (Å²) >= 11 is 0. The number of amides is 2. The number of carbonyl (C=O) groups excluding carboxylic acids is 2. The molecule has 3 rings (SSSR count). The number of likely N-dealkylation sites (N-methyl/N-ethyl adjacent to an activating group) is 1. The number of nitrogens with zero attached hydrogens (tertiary/aromatic N) is 3. The highest BCUT2D eigenvalue weighted by molar-refractivity contribution is 7.42. The highest BCUT2D eigenvalue weighted by Gasteiger charge is 2.31. The summed E-state index contributed by atoms with van der Waals surface area (Å²) in [5.74, 6) is 3.22. The summed E-state index contributed by atoms with van der Waals surface area (Å²) in [6.07, 6.45) is 11.9. The Morgan fingerprint density at radius 1 is 1.18 bits per heavy atom. The Kier molecular flexibility index (Phi) is 10.9. The number of hydrogen-bond donors (Lipinski definition) is 2. The van der Waals surface area contributed by atoms with Gasteiger partial charge in [0.05, 0.1) is 5.92 Å². The fourth-order valence-corrected chi connectivity index (χ4v) is 5.18. The molecule has 3 N–H and O–H groups in total. The lowest BCUT2D eigenvalue weighted by Crippen LogP contribution is -2.46.